The van der Waals surface area contributed by atoms with E-state index in [1.165, 1.54) is 17.5 Å². The standard InChI is InChI=1S/C16H18N2O/c17-16-5-1-4-13-6-7-14(9-15(13)16)19-11-12-3-2-8-18-10-12/h2-3,6-10,16H,1,4-5,11,17H2. The Bertz CT molecular complexity index is 554. The molecule has 0 amide bonds. The van der Waals surface area contributed by atoms with Crippen molar-refractivity contribution in [2.24, 2.45) is 5.73 Å². The van der Waals surface area contributed by atoms with E-state index in [-0.39, 0.29) is 6.04 Å². The zero-order valence-electron chi connectivity index (χ0n) is 10.9. The molecule has 1 unspecified atom stereocenters. The Kier molecular flexibility index (Phi) is 3.47. The molecule has 1 aliphatic carbocycles. The number of fused-ring (bicyclic) bond motifs is 1. The van der Waals surface area contributed by atoms with Crippen LogP contribution in [-0.4, -0.2) is 4.98 Å². The fourth-order valence-corrected chi connectivity index (χ4v) is 2.55. The Labute approximate surface area is 113 Å². The van der Waals surface area contributed by atoms with Crippen molar-refractivity contribution in [1.82, 2.24) is 4.98 Å². The van der Waals surface area contributed by atoms with E-state index in [1.54, 1.807) is 6.20 Å². The molecule has 1 aromatic heterocycles. The second-order valence-corrected chi connectivity index (χ2v) is 5.01. The fraction of sp³-hybridized carbons (Fsp3) is 0.312. The van der Waals surface area contributed by atoms with Crippen molar-refractivity contribution >= 4 is 0 Å². The third-order valence-corrected chi connectivity index (χ3v) is 3.61. The number of pyridine rings is 1. The fourth-order valence-electron chi connectivity index (χ4n) is 2.55. The maximum atomic E-state index is 6.16. The minimum absolute atomic E-state index is 0.158. The quantitative estimate of drug-likeness (QED) is 0.916. The van der Waals surface area contributed by atoms with E-state index in [0.29, 0.717) is 6.61 Å². The highest BCUT2D eigenvalue weighted by Crippen LogP contribution is 2.31. The summed E-state index contributed by atoms with van der Waals surface area (Å²) in [6.07, 6.45) is 6.97. The Hall–Kier alpha value is -1.87. The number of rotatable bonds is 3. The Morgan fingerprint density at radius 3 is 3.11 bits per heavy atom. The molecular formula is C16H18N2O. The number of hydrogen-bond acceptors (Lipinski definition) is 3. The van der Waals surface area contributed by atoms with Gasteiger partial charge in [0.2, 0.25) is 0 Å². The molecular weight excluding hydrogens is 236 g/mol. The number of hydrogen-bond donors (Lipinski definition) is 1. The van der Waals surface area contributed by atoms with E-state index < -0.39 is 0 Å². The largest absolute Gasteiger partial charge is 0.489 e. The third kappa shape index (κ3) is 2.76. The number of aromatic nitrogens is 1. The van der Waals surface area contributed by atoms with Crippen LogP contribution in [0.2, 0.25) is 0 Å². The van der Waals surface area contributed by atoms with E-state index in [2.05, 4.69) is 17.1 Å². The van der Waals surface area contributed by atoms with E-state index in [9.17, 15) is 0 Å². The number of nitrogens with two attached hydrogens (primary N) is 1. The average molecular weight is 254 g/mol. The molecule has 0 bridgehead atoms. The SMILES string of the molecule is NC1CCCc2ccc(OCc3cccnc3)cc21. The second-order valence-electron chi connectivity index (χ2n) is 5.01. The van der Waals surface area contributed by atoms with Gasteiger partial charge in [0.05, 0.1) is 0 Å². The number of aryl methyl sites for hydroxylation is 1. The topological polar surface area (TPSA) is 48.1 Å². The van der Waals surface area contributed by atoms with Gasteiger partial charge in [0.1, 0.15) is 12.4 Å². The molecule has 1 aromatic carbocycles. The van der Waals surface area contributed by atoms with Crippen LogP contribution >= 0.6 is 0 Å². The highest BCUT2D eigenvalue weighted by Gasteiger charge is 2.17. The molecule has 1 aliphatic rings. The number of ether oxygens (including phenoxy) is 1. The van der Waals surface area contributed by atoms with E-state index in [0.717, 1.165) is 24.2 Å². The van der Waals surface area contributed by atoms with Crippen molar-refractivity contribution in [2.45, 2.75) is 31.9 Å². The summed E-state index contributed by atoms with van der Waals surface area (Å²) in [5.74, 6) is 0.889. The Morgan fingerprint density at radius 1 is 1.32 bits per heavy atom. The minimum atomic E-state index is 0.158. The van der Waals surface area contributed by atoms with Crippen LogP contribution in [0.15, 0.2) is 42.7 Å². The number of nitrogens with zero attached hydrogens (tertiary/aromatic N) is 1. The van der Waals surface area contributed by atoms with Gasteiger partial charge >= 0.3 is 0 Å². The van der Waals surface area contributed by atoms with Gasteiger partial charge in [0, 0.05) is 24.0 Å². The molecule has 0 radical (unpaired) electrons. The van der Waals surface area contributed by atoms with E-state index in [4.69, 9.17) is 10.5 Å². The maximum absolute atomic E-state index is 6.16. The zero-order chi connectivity index (χ0) is 13.1. The lowest BCUT2D eigenvalue weighted by molar-refractivity contribution is 0.305. The van der Waals surface area contributed by atoms with Crippen LogP contribution < -0.4 is 10.5 Å². The first-order valence-electron chi connectivity index (χ1n) is 6.73. The lowest BCUT2D eigenvalue weighted by Crippen LogP contribution is -2.17. The summed E-state index contributed by atoms with van der Waals surface area (Å²) in [6, 6.07) is 10.4. The van der Waals surface area contributed by atoms with E-state index >= 15 is 0 Å². The molecule has 98 valence electrons. The first-order valence-corrected chi connectivity index (χ1v) is 6.73. The highest BCUT2D eigenvalue weighted by atomic mass is 16.5. The van der Waals surface area contributed by atoms with Crippen LogP contribution in [0.25, 0.3) is 0 Å². The van der Waals surface area contributed by atoms with E-state index in [1.807, 2.05) is 24.4 Å². The molecule has 3 heteroatoms. The van der Waals surface area contributed by atoms with Gasteiger partial charge in [0.15, 0.2) is 0 Å². The van der Waals surface area contributed by atoms with Crippen molar-refractivity contribution in [1.29, 1.82) is 0 Å². The lowest BCUT2D eigenvalue weighted by Gasteiger charge is -2.22. The van der Waals surface area contributed by atoms with Gasteiger partial charge in [-0.05, 0) is 48.6 Å². The third-order valence-electron chi connectivity index (χ3n) is 3.61. The van der Waals surface area contributed by atoms with Crippen molar-refractivity contribution in [3.63, 3.8) is 0 Å². The normalized spacial score (nSPS) is 17.8. The summed E-state index contributed by atoms with van der Waals surface area (Å²) in [6.45, 7) is 0.544. The summed E-state index contributed by atoms with van der Waals surface area (Å²) in [5, 5.41) is 0. The molecule has 0 saturated carbocycles. The van der Waals surface area contributed by atoms with Gasteiger partial charge in [-0.1, -0.05) is 12.1 Å². The van der Waals surface area contributed by atoms with Crippen molar-refractivity contribution < 1.29 is 4.74 Å². The second kappa shape index (κ2) is 5.41. The first kappa shape index (κ1) is 12.2. The van der Waals surface area contributed by atoms with Crippen LogP contribution in [0.5, 0.6) is 5.75 Å². The summed E-state index contributed by atoms with van der Waals surface area (Å²) >= 11 is 0. The molecule has 0 aliphatic heterocycles. The lowest BCUT2D eigenvalue weighted by atomic mass is 9.88. The van der Waals surface area contributed by atoms with Crippen LogP contribution in [0.3, 0.4) is 0 Å². The number of benzene rings is 1. The summed E-state index contributed by atoms with van der Waals surface area (Å²) in [7, 11) is 0. The highest BCUT2D eigenvalue weighted by molar-refractivity contribution is 5.39. The molecule has 0 spiro atoms. The van der Waals surface area contributed by atoms with Gasteiger partial charge in [-0.2, -0.15) is 0 Å². The average Bonchev–Trinajstić information content (AvgIpc) is 2.47. The van der Waals surface area contributed by atoms with Crippen LogP contribution in [-0.2, 0) is 13.0 Å². The molecule has 1 heterocycles. The monoisotopic (exact) mass is 254 g/mol. The maximum Gasteiger partial charge on any atom is 0.120 e. The molecule has 2 aromatic rings. The first-order chi connectivity index (χ1) is 9.33. The minimum Gasteiger partial charge on any atom is -0.489 e. The van der Waals surface area contributed by atoms with Gasteiger partial charge < -0.3 is 10.5 Å². The molecule has 3 rings (SSSR count). The molecule has 1 atom stereocenters. The van der Waals surface area contributed by atoms with Gasteiger partial charge in [-0.15, -0.1) is 0 Å². The van der Waals surface area contributed by atoms with Gasteiger partial charge in [0.25, 0.3) is 0 Å². The van der Waals surface area contributed by atoms with Crippen LogP contribution in [0.1, 0.15) is 35.6 Å². The van der Waals surface area contributed by atoms with Crippen molar-refractivity contribution in [2.75, 3.05) is 0 Å². The van der Waals surface area contributed by atoms with Crippen LogP contribution in [0, 0.1) is 0 Å². The summed E-state index contributed by atoms with van der Waals surface area (Å²) in [4.78, 5) is 4.08. The Morgan fingerprint density at radius 2 is 2.26 bits per heavy atom. The molecule has 0 saturated heterocycles. The van der Waals surface area contributed by atoms with Gasteiger partial charge in [-0.25, -0.2) is 0 Å². The summed E-state index contributed by atoms with van der Waals surface area (Å²) in [5.41, 5.74) is 9.84. The van der Waals surface area contributed by atoms with Crippen LogP contribution in [0.4, 0.5) is 0 Å². The molecule has 19 heavy (non-hydrogen) atoms. The zero-order valence-corrected chi connectivity index (χ0v) is 10.9. The van der Waals surface area contributed by atoms with Gasteiger partial charge in [-0.3, -0.25) is 4.98 Å². The molecule has 2 N–H and O–H groups in total. The smallest absolute Gasteiger partial charge is 0.120 e. The van der Waals surface area contributed by atoms with Crippen molar-refractivity contribution in [3.8, 4) is 5.75 Å². The molecule has 0 fully saturated rings. The predicted molar refractivity (Wildman–Crippen MR) is 74.9 cm³/mol. The summed E-state index contributed by atoms with van der Waals surface area (Å²) < 4.78 is 5.81. The Balaban J connectivity index is 1.74. The predicted octanol–water partition coefficient (Wildman–Crippen LogP) is 3.00. The molecule has 3 nitrogen and oxygen atoms in total. The van der Waals surface area contributed by atoms with Crippen molar-refractivity contribution in [3.05, 3.63) is 59.4 Å².